The average molecular weight is 439 g/mol. The van der Waals surface area contributed by atoms with E-state index in [1.54, 1.807) is 0 Å². The highest BCUT2D eigenvalue weighted by molar-refractivity contribution is 6.21. The van der Waals surface area contributed by atoms with Gasteiger partial charge < -0.3 is 9.88 Å². The standard InChI is InChI=1S/C30H22N4/c1-3-9-21(10-4-1)22-19-31-30(32-20-22)33-18-17-25-26(33)15-16-28-29(25)24-13-7-8-14-27(24)34(28)23-11-5-2-6-12-23/h1-19H,20H2,(H,31,32). The third-order valence-corrected chi connectivity index (χ3v) is 6.67. The lowest BCUT2D eigenvalue weighted by molar-refractivity contribution is 1.02. The molecule has 4 heteroatoms. The summed E-state index contributed by atoms with van der Waals surface area (Å²) >= 11 is 0. The van der Waals surface area contributed by atoms with Crippen molar-refractivity contribution in [2.24, 2.45) is 4.99 Å². The van der Waals surface area contributed by atoms with Crippen LogP contribution >= 0.6 is 0 Å². The van der Waals surface area contributed by atoms with Crippen molar-refractivity contribution >= 4 is 44.2 Å². The van der Waals surface area contributed by atoms with Gasteiger partial charge in [0.15, 0.2) is 0 Å². The summed E-state index contributed by atoms with van der Waals surface area (Å²) in [4.78, 5) is 4.87. The number of benzene rings is 4. The number of hydrogen-bond acceptors (Lipinski definition) is 2. The van der Waals surface area contributed by atoms with Gasteiger partial charge in [0.1, 0.15) is 0 Å². The van der Waals surface area contributed by atoms with Crippen molar-refractivity contribution in [3.8, 4) is 5.69 Å². The second kappa shape index (κ2) is 7.49. The second-order valence-corrected chi connectivity index (χ2v) is 8.59. The zero-order valence-corrected chi connectivity index (χ0v) is 18.5. The lowest BCUT2D eigenvalue weighted by Gasteiger charge is -2.17. The van der Waals surface area contributed by atoms with Crippen molar-refractivity contribution in [2.45, 2.75) is 0 Å². The van der Waals surface area contributed by atoms with Crippen LogP contribution in [0.25, 0.3) is 44.0 Å². The SMILES string of the molecule is C1=C(c2ccccc2)CN=C(n2ccc3c4c5ccccc5n(-c5ccccc5)c4ccc32)N1. The Hall–Kier alpha value is -4.57. The minimum atomic E-state index is 0.654. The van der Waals surface area contributed by atoms with Crippen LogP contribution < -0.4 is 5.32 Å². The van der Waals surface area contributed by atoms with Crippen LogP contribution in [-0.4, -0.2) is 21.6 Å². The Balaban J connectivity index is 1.38. The molecule has 0 radical (unpaired) electrons. The van der Waals surface area contributed by atoms with Crippen molar-refractivity contribution in [3.05, 3.63) is 121 Å². The van der Waals surface area contributed by atoms with E-state index in [1.807, 2.05) is 6.07 Å². The van der Waals surface area contributed by atoms with Crippen molar-refractivity contribution in [3.63, 3.8) is 0 Å². The van der Waals surface area contributed by atoms with E-state index in [0.29, 0.717) is 6.54 Å². The number of aromatic nitrogens is 2. The van der Waals surface area contributed by atoms with Crippen LogP contribution in [0.5, 0.6) is 0 Å². The van der Waals surface area contributed by atoms with Crippen LogP contribution in [0.4, 0.5) is 0 Å². The quantitative estimate of drug-likeness (QED) is 0.325. The third kappa shape index (κ3) is 2.82. The van der Waals surface area contributed by atoms with Crippen LogP contribution in [0, 0.1) is 0 Å². The maximum Gasteiger partial charge on any atom is 0.207 e. The highest BCUT2D eigenvalue weighted by Gasteiger charge is 2.18. The number of rotatable bonds is 2. The van der Waals surface area contributed by atoms with E-state index in [4.69, 9.17) is 4.99 Å². The van der Waals surface area contributed by atoms with Crippen molar-refractivity contribution < 1.29 is 0 Å². The Morgan fingerprint density at radius 1 is 0.647 bits per heavy atom. The van der Waals surface area contributed by atoms with E-state index < -0.39 is 0 Å². The van der Waals surface area contributed by atoms with Crippen molar-refractivity contribution in [1.82, 2.24) is 14.5 Å². The van der Waals surface area contributed by atoms with Gasteiger partial charge in [-0.1, -0.05) is 66.7 Å². The van der Waals surface area contributed by atoms with Gasteiger partial charge in [-0.25, -0.2) is 4.99 Å². The number of nitrogens with zero attached hydrogens (tertiary/aromatic N) is 3. The molecule has 0 saturated heterocycles. The Kier molecular flexibility index (Phi) is 4.18. The lowest BCUT2D eigenvalue weighted by Crippen LogP contribution is -2.29. The molecule has 4 nitrogen and oxygen atoms in total. The number of para-hydroxylation sites is 2. The summed E-state index contributed by atoms with van der Waals surface area (Å²) in [6.45, 7) is 0.654. The van der Waals surface area contributed by atoms with Gasteiger partial charge in [-0.05, 0) is 47.5 Å². The molecule has 0 fully saturated rings. The van der Waals surface area contributed by atoms with Crippen molar-refractivity contribution in [1.29, 1.82) is 0 Å². The predicted molar refractivity (Wildman–Crippen MR) is 142 cm³/mol. The highest BCUT2D eigenvalue weighted by atomic mass is 15.2. The van der Waals surface area contributed by atoms with Crippen LogP contribution in [-0.2, 0) is 0 Å². The first-order valence-corrected chi connectivity index (χ1v) is 11.5. The molecule has 0 spiro atoms. The molecule has 0 amide bonds. The lowest BCUT2D eigenvalue weighted by atomic mass is 10.1. The molecule has 3 heterocycles. The van der Waals surface area contributed by atoms with Crippen LogP contribution in [0.3, 0.4) is 0 Å². The Labute approximate surface area is 197 Å². The maximum absolute atomic E-state index is 4.87. The Morgan fingerprint density at radius 2 is 1.35 bits per heavy atom. The first-order chi connectivity index (χ1) is 16.9. The number of fused-ring (bicyclic) bond motifs is 5. The second-order valence-electron chi connectivity index (χ2n) is 8.59. The smallest absolute Gasteiger partial charge is 0.207 e. The highest BCUT2D eigenvalue weighted by Crippen LogP contribution is 2.37. The fraction of sp³-hybridized carbons (Fsp3) is 0.0333. The van der Waals surface area contributed by atoms with E-state index in [0.717, 1.165) is 11.5 Å². The van der Waals surface area contributed by atoms with Gasteiger partial charge in [-0.2, -0.15) is 0 Å². The van der Waals surface area contributed by atoms with Gasteiger partial charge in [0.05, 0.1) is 23.1 Å². The number of aliphatic imine (C=N–C) groups is 1. The summed E-state index contributed by atoms with van der Waals surface area (Å²) in [7, 11) is 0. The first kappa shape index (κ1) is 18.9. The minimum Gasteiger partial charge on any atom is -0.332 e. The molecular formula is C30H22N4. The van der Waals surface area contributed by atoms with E-state index in [-0.39, 0.29) is 0 Å². The number of nitrogens with one attached hydrogen (secondary N) is 1. The first-order valence-electron chi connectivity index (χ1n) is 11.5. The fourth-order valence-electron chi connectivity index (χ4n) is 5.10. The molecule has 0 saturated carbocycles. The van der Waals surface area contributed by atoms with Gasteiger partial charge in [0.2, 0.25) is 5.96 Å². The summed E-state index contributed by atoms with van der Waals surface area (Å²) in [6, 6.07) is 36.3. The van der Waals surface area contributed by atoms with E-state index in [9.17, 15) is 0 Å². The Morgan fingerprint density at radius 3 is 2.15 bits per heavy atom. The zero-order valence-electron chi connectivity index (χ0n) is 18.5. The van der Waals surface area contributed by atoms with Crippen LogP contribution in [0.2, 0.25) is 0 Å². The van der Waals surface area contributed by atoms with E-state index in [2.05, 4.69) is 124 Å². The maximum atomic E-state index is 4.87. The van der Waals surface area contributed by atoms with Crippen molar-refractivity contribution in [2.75, 3.05) is 6.54 Å². The van der Waals surface area contributed by atoms with Gasteiger partial charge in [0.25, 0.3) is 0 Å². The van der Waals surface area contributed by atoms with Gasteiger partial charge >= 0.3 is 0 Å². The fourth-order valence-corrected chi connectivity index (χ4v) is 5.10. The van der Waals surface area contributed by atoms with E-state index >= 15 is 0 Å². The summed E-state index contributed by atoms with van der Waals surface area (Å²) < 4.78 is 4.51. The summed E-state index contributed by atoms with van der Waals surface area (Å²) in [5.74, 6) is 0.848. The molecule has 1 aliphatic rings. The predicted octanol–water partition coefficient (Wildman–Crippen LogP) is 6.59. The molecule has 0 aliphatic carbocycles. The summed E-state index contributed by atoms with van der Waals surface area (Å²) in [6.07, 6.45) is 4.19. The molecular weight excluding hydrogens is 416 g/mol. The molecule has 7 rings (SSSR count). The summed E-state index contributed by atoms with van der Waals surface area (Å²) in [5.41, 5.74) is 7.13. The van der Waals surface area contributed by atoms with Crippen LogP contribution in [0.1, 0.15) is 5.56 Å². The molecule has 6 aromatic rings. The normalized spacial score (nSPS) is 13.8. The van der Waals surface area contributed by atoms with Gasteiger partial charge in [-0.3, -0.25) is 4.57 Å². The van der Waals surface area contributed by atoms with Gasteiger partial charge in [0, 0.05) is 34.2 Å². The number of hydrogen-bond donors (Lipinski definition) is 1. The molecule has 34 heavy (non-hydrogen) atoms. The molecule has 4 aromatic carbocycles. The molecule has 0 bridgehead atoms. The largest absolute Gasteiger partial charge is 0.332 e. The molecule has 162 valence electrons. The molecule has 1 N–H and O–H groups in total. The molecule has 1 aliphatic heterocycles. The van der Waals surface area contributed by atoms with Gasteiger partial charge in [-0.15, -0.1) is 0 Å². The Bertz CT molecular complexity index is 1730. The summed E-state index contributed by atoms with van der Waals surface area (Å²) in [5, 5.41) is 7.18. The third-order valence-electron chi connectivity index (χ3n) is 6.67. The minimum absolute atomic E-state index is 0.654. The van der Waals surface area contributed by atoms with E-state index in [1.165, 1.54) is 44.0 Å². The zero-order chi connectivity index (χ0) is 22.5. The monoisotopic (exact) mass is 438 g/mol. The molecule has 2 aromatic heterocycles. The molecule has 0 atom stereocenters. The topological polar surface area (TPSA) is 34.2 Å². The molecule has 0 unspecified atom stereocenters. The van der Waals surface area contributed by atoms with Crippen LogP contribution in [0.15, 0.2) is 121 Å². The average Bonchev–Trinajstić information content (AvgIpc) is 3.49.